The van der Waals surface area contributed by atoms with Crippen LogP contribution in [0.1, 0.15) is 45.1 Å². The fraction of sp³-hybridized carbons (Fsp3) is 0.444. The number of halogens is 1. The van der Waals surface area contributed by atoms with Crippen molar-refractivity contribution >= 4 is 44.8 Å². The van der Waals surface area contributed by atoms with Crippen molar-refractivity contribution in [3.63, 3.8) is 0 Å². The second-order valence-electron chi connectivity index (χ2n) is 5.49. The molecular weight excluding hydrogens is 372 g/mol. The van der Waals surface area contributed by atoms with Crippen molar-refractivity contribution in [2.75, 3.05) is 13.1 Å². The van der Waals surface area contributed by atoms with Crippen LogP contribution in [0.4, 0.5) is 0 Å². The van der Waals surface area contributed by atoms with Crippen LogP contribution in [0.2, 0.25) is 0 Å². The molecular formula is C18H23BrN2OS. The molecule has 1 aliphatic heterocycles. The van der Waals surface area contributed by atoms with Gasteiger partial charge in [0.1, 0.15) is 0 Å². The topological polar surface area (TPSA) is 32.7 Å². The first-order chi connectivity index (χ1) is 11.2. The summed E-state index contributed by atoms with van der Waals surface area (Å²) in [6, 6.07) is 7.99. The van der Waals surface area contributed by atoms with Gasteiger partial charge in [0, 0.05) is 17.6 Å². The number of amidine groups is 1. The molecule has 1 aromatic carbocycles. The zero-order valence-corrected chi connectivity index (χ0v) is 16.1. The maximum absolute atomic E-state index is 12.7. The molecule has 1 fully saturated rings. The maximum Gasteiger partial charge on any atom is 0.266 e. The van der Waals surface area contributed by atoms with Crippen LogP contribution in [-0.2, 0) is 4.79 Å². The molecule has 5 heteroatoms. The van der Waals surface area contributed by atoms with Gasteiger partial charge in [-0.05, 0) is 48.4 Å². The molecule has 0 radical (unpaired) electrons. The Morgan fingerprint density at radius 2 is 1.87 bits per heavy atom. The molecule has 1 aliphatic rings. The summed E-state index contributed by atoms with van der Waals surface area (Å²) in [5.41, 5.74) is 1.04. The van der Waals surface area contributed by atoms with Crippen molar-refractivity contribution in [1.82, 2.24) is 4.90 Å². The summed E-state index contributed by atoms with van der Waals surface area (Å²) in [6.07, 6.45) is 6.21. The molecule has 0 bridgehead atoms. The van der Waals surface area contributed by atoms with Gasteiger partial charge in [-0.15, -0.1) is 0 Å². The Kier molecular flexibility index (Phi) is 7.37. The zero-order chi connectivity index (χ0) is 16.7. The summed E-state index contributed by atoms with van der Waals surface area (Å²) in [6.45, 7) is 5.84. The predicted molar refractivity (Wildman–Crippen MR) is 104 cm³/mol. The minimum absolute atomic E-state index is 0.0848. The summed E-state index contributed by atoms with van der Waals surface area (Å²) in [5, 5.41) is 0.861. The molecule has 0 unspecified atom stereocenters. The summed E-state index contributed by atoms with van der Waals surface area (Å²) in [4.78, 5) is 19.9. The van der Waals surface area contributed by atoms with E-state index in [1.165, 1.54) is 11.8 Å². The van der Waals surface area contributed by atoms with Crippen LogP contribution in [0, 0.1) is 0 Å². The van der Waals surface area contributed by atoms with E-state index in [2.05, 4.69) is 34.8 Å². The molecule has 0 saturated carbocycles. The van der Waals surface area contributed by atoms with Gasteiger partial charge >= 0.3 is 0 Å². The maximum atomic E-state index is 12.7. The highest BCUT2D eigenvalue weighted by molar-refractivity contribution is 9.10. The Hall–Kier alpha value is -1.07. The monoisotopic (exact) mass is 394 g/mol. The molecule has 1 saturated heterocycles. The number of aliphatic imine (C=N–C) groups is 1. The molecule has 0 atom stereocenters. The molecule has 2 rings (SSSR count). The molecule has 0 aromatic heterocycles. The van der Waals surface area contributed by atoms with Crippen molar-refractivity contribution in [3.8, 4) is 0 Å². The highest BCUT2D eigenvalue weighted by Gasteiger charge is 2.32. The molecule has 0 N–H and O–H groups in total. The van der Waals surface area contributed by atoms with Crippen LogP contribution >= 0.6 is 27.7 Å². The van der Waals surface area contributed by atoms with Crippen LogP contribution in [-0.4, -0.2) is 29.1 Å². The van der Waals surface area contributed by atoms with Crippen LogP contribution < -0.4 is 0 Å². The Labute approximate surface area is 151 Å². The van der Waals surface area contributed by atoms with E-state index in [4.69, 9.17) is 0 Å². The molecule has 1 aromatic rings. The lowest BCUT2D eigenvalue weighted by atomic mass is 10.2. The third-order valence-corrected chi connectivity index (χ3v) is 5.12. The largest absolute Gasteiger partial charge is 0.287 e. The Morgan fingerprint density at radius 3 is 2.52 bits per heavy atom. The number of carbonyl (C=O) groups excluding carboxylic acids is 1. The van der Waals surface area contributed by atoms with Gasteiger partial charge in [0.25, 0.3) is 5.91 Å². The van der Waals surface area contributed by atoms with Gasteiger partial charge in [-0.2, -0.15) is 0 Å². The van der Waals surface area contributed by atoms with E-state index < -0.39 is 0 Å². The van der Waals surface area contributed by atoms with Gasteiger partial charge in [0.05, 0.1) is 4.91 Å². The van der Waals surface area contributed by atoms with Crippen LogP contribution in [0.3, 0.4) is 0 Å². The van der Waals surface area contributed by atoms with Crippen molar-refractivity contribution in [3.05, 3.63) is 39.2 Å². The molecule has 23 heavy (non-hydrogen) atoms. The van der Waals surface area contributed by atoms with Gasteiger partial charge in [-0.3, -0.25) is 14.7 Å². The average Bonchev–Trinajstić information content (AvgIpc) is 2.83. The summed E-state index contributed by atoms with van der Waals surface area (Å²) in [7, 11) is 0. The second kappa shape index (κ2) is 9.28. The Bertz CT molecular complexity index is 596. The summed E-state index contributed by atoms with van der Waals surface area (Å²) >= 11 is 4.94. The highest BCUT2D eigenvalue weighted by atomic mass is 79.9. The van der Waals surface area contributed by atoms with E-state index in [9.17, 15) is 4.79 Å². The van der Waals surface area contributed by atoms with E-state index in [1.807, 2.05) is 35.2 Å². The average molecular weight is 395 g/mol. The lowest BCUT2D eigenvalue weighted by Crippen LogP contribution is -2.30. The van der Waals surface area contributed by atoms with Crippen molar-refractivity contribution in [2.24, 2.45) is 4.99 Å². The van der Waals surface area contributed by atoms with Crippen molar-refractivity contribution in [2.45, 2.75) is 39.5 Å². The number of carbonyl (C=O) groups is 1. The van der Waals surface area contributed by atoms with Crippen molar-refractivity contribution in [1.29, 1.82) is 0 Å². The molecule has 0 aliphatic carbocycles. The molecule has 1 heterocycles. The van der Waals surface area contributed by atoms with E-state index in [0.29, 0.717) is 0 Å². The quantitative estimate of drug-likeness (QED) is 0.462. The van der Waals surface area contributed by atoms with Gasteiger partial charge in [-0.25, -0.2) is 0 Å². The van der Waals surface area contributed by atoms with Gasteiger partial charge < -0.3 is 0 Å². The first-order valence-electron chi connectivity index (χ1n) is 8.17. The van der Waals surface area contributed by atoms with Gasteiger partial charge in [0.2, 0.25) is 0 Å². The lowest BCUT2D eigenvalue weighted by Gasteiger charge is -2.14. The molecule has 124 valence electrons. The van der Waals surface area contributed by atoms with Crippen LogP contribution in [0.25, 0.3) is 6.08 Å². The number of thioether (sulfide) groups is 1. The van der Waals surface area contributed by atoms with Crippen LogP contribution in [0.15, 0.2) is 38.6 Å². The number of unbranched alkanes of at least 4 members (excludes halogenated alkanes) is 2. The highest BCUT2D eigenvalue weighted by Crippen LogP contribution is 2.33. The van der Waals surface area contributed by atoms with E-state index in [0.717, 1.165) is 58.9 Å². The minimum atomic E-state index is 0.0848. The van der Waals surface area contributed by atoms with E-state index in [1.54, 1.807) is 0 Å². The normalized spacial score (nSPS) is 18.4. The van der Waals surface area contributed by atoms with Gasteiger partial charge in [-0.1, -0.05) is 54.8 Å². The Morgan fingerprint density at radius 1 is 1.17 bits per heavy atom. The fourth-order valence-corrected chi connectivity index (χ4v) is 3.48. The first-order valence-corrected chi connectivity index (χ1v) is 9.78. The SMILES string of the molecule is CCCCN=C1S/C(=C\c2ccc(Br)cc2)C(=O)N1CCCC. The van der Waals surface area contributed by atoms with E-state index >= 15 is 0 Å². The number of hydrogen-bond donors (Lipinski definition) is 0. The lowest BCUT2D eigenvalue weighted by molar-refractivity contribution is -0.122. The third-order valence-electron chi connectivity index (χ3n) is 3.55. The Balaban J connectivity index is 2.19. The predicted octanol–water partition coefficient (Wildman–Crippen LogP) is 5.32. The summed E-state index contributed by atoms with van der Waals surface area (Å²) < 4.78 is 1.04. The standard InChI is InChI=1S/C18H23BrN2OS/c1-3-5-11-20-18-21(12-6-4-2)17(22)16(23-18)13-14-7-9-15(19)10-8-14/h7-10,13H,3-6,11-12H2,1-2H3/b16-13-,20-18?. The third kappa shape index (κ3) is 5.21. The molecule has 0 spiro atoms. The summed E-state index contributed by atoms with van der Waals surface area (Å²) in [5.74, 6) is 0.0848. The number of rotatable bonds is 7. The van der Waals surface area contributed by atoms with Gasteiger partial charge in [0.15, 0.2) is 5.17 Å². The molecule has 1 amide bonds. The minimum Gasteiger partial charge on any atom is -0.287 e. The smallest absolute Gasteiger partial charge is 0.266 e. The first kappa shape index (κ1) is 18.3. The zero-order valence-electron chi connectivity index (χ0n) is 13.7. The van der Waals surface area contributed by atoms with Crippen molar-refractivity contribution < 1.29 is 4.79 Å². The number of benzene rings is 1. The number of nitrogens with zero attached hydrogens (tertiary/aromatic N) is 2. The van der Waals surface area contributed by atoms with E-state index in [-0.39, 0.29) is 5.91 Å². The second-order valence-corrected chi connectivity index (χ2v) is 7.42. The molecule has 3 nitrogen and oxygen atoms in total. The number of amides is 1. The fourth-order valence-electron chi connectivity index (χ4n) is 2.18. The van der Waals surface area contributed by atoms with Crippen LogP contribution in [0.5, 0.6) is 0 Å². The number of hydrogen-bond acceptors (Lipinski definition) is 3.